The number of nitrogen functional groups attached to an aromatic ring is 2. The van der Waals surface area contributed by atoms with Crippen molar-refractivity contribution >= 4 is 37.4 Å². The molecule has 0 radical (unpaired) electrons. The Bertz CT molecular complexity index is 903. The van der Waals surface area contributed by atoms with Crippen LogP contribution in [-0.2, 0) is 26.7 Å². The van der Waals surface area contributed by atoms with Gasteiger partial charge in [-0.3, -0.25) is 9.11 Å². The molecule has 1 atom stereocenters. The second-order valence-corrected chi connectivity index (χ2v) is 7.71. The third-order valence-electron chi connectivity index (χ3n) is 3.35. The van der Waals surface area contributed by atoms with Gasteiger partial charge in [0.05, 0.1) is 17.1 Å². The highest BCUT2D eigenvalue weighted by atomic mass is 32.2. The molecule has 1 unspecified atom stereocenters. The Morgan fingerprint density at radius 1 is 1.05 bits per heavy atom. The van der Waals surface area contributed by atoms with E-state index in [1.165, 1.54) is 0 Å². The lowest BCUT2D eigenvalue weighted by molar-refractivity contribution is 0.461. The molecule has 0 saturated heterocycles. The van der Waals surface area contributed by atoms with Gasteiger partial charge >= 0.3 is 0 Å². The first kappa shape index (κ1) is 16.4. The second-order valence-electron chi connectivity index (χ2n) is 4.72. The van der Waals surface area contributed by atoms with Crippen LogP contribution in [0.15, 0.2) is 16.7 Å². The smallest absolute Gasteiger partial charge is 0.296 e. The minimum absolute atomic E-state index is 0.0475. The van der Waals surface area contributed by atoms with Crippen LogP contribution in [0.4, 0.5) is 11.4 Å². The van der Waals surface area contributed by atoms with Gasteiger partial charge in [0.2, 0.25) is 0 Å². The van der Waals surface area contributed by atoms with Crippen molar-refractivity contribution in [3.8, 4) is 0 Å². The van der Waals surface area contributed by atoms with Gasteiger partial charge in [0.15, 0.2) is 0 Å². The lowest BCUT2D eigenvalue weighted by atomic mass is 9.91. The number of hydrogen-bond acceptors (Lipinski definition) is 8. The SMILES string of the molecule is NC1=C(O)c2c(cc(S(=O)(=O)O)c(N)c2N)CC1S(=O)(=O)O. The zero-order valence-electron chi connectivity index (χ0n) is 10.9. The molecule has 1 aliphatic carbocycles. The monoisotopic (exact) mass is 351 g/mol. The van der Waals surface area contributed by atoms with Gasteiger partial charge in [0.1, 0.15) is 15.9 Å². The maximum Gasteiger partial charge on any atom is 0.296 e. The van der Waals surface area contributed by atoms with Crippen molar-refractivity contribution in [1.82, 2.24) is 0 Å². The van der Waals surface area contributed by atoms with Gasteiger partial charge in [0.25, 0.3) is 20.2 Å². The first-order valence-corrected chi connectivity index (χ1v) is 8.63. The third kappa shape index (κ3) is 2.45. The van der Waals surface area contributed by atoms with E-state index in [0.29, 0.717) is 0 Å². The number of fused-ring (bicyclic) bond motifs is 1. The Hall–Kier alpha value is -2.02. The quantitative estimate of drug-likeness (QED) is 0.285. The first-order chi connectivity index (χ1) is 9.85. The molecular formula is C10H13N3O7S2. The third-order valence-corrected chi connectivity index (χ3v) is 5.38. The number of aliphatic hydroxyl groups is 1. The van der Waals surface area contributed by atoms with E-state index in [9.17, 15) is 21.9 Å². The Morgan fingerprint density at radius 3 is 2.05 bits per heavy atom. The van der Waals surface area contributed by atoms with Crippen LogP contribution >= 0.6 is 0 Å². The van der Waals surface area contributed by atoms with Crippen molar-refractivity contribution in [3.63, 3.8) is 0 Å². The Kier molecular flexibility index (Phi) is 3.52. The van der Waals surface area contributed by atoms with Crippen molar-refractivity contribution in [3.05, 3.63) is 22.9 Å². The van der Waals surface area contributed by atoms with Crippen molar-refractivity contribution in [2.45, 2.75) is 16.6 Å². The van der Waals surface area contributed by atoms with Gasteiger partial charge in [-0.2, -0.15) is 16.8 Å². The van der Waals surface area contributed by atoms with Gasteiger partial charge < -0.3 is 22.3 Å². The molecule has 12 heteroatoms. The summed E-state index contributed by atoms with van der Waals surface area (Å²) < 4.78 is 63.4. The topological polar surface area (TPSA) is 207 Å². The second kappa shape index (κ2) is 4.74. The minimum atomic E-state index is -4.72. The maximum absolute atomic E-state index is 11.3. The zero-order valence-corrected chi connectivity index (χ0v) is 12.5. The van der Waals surface area contributed by atoms with Crippen LogP contribution in [-0.4, -0.2) is 36.3 Å². The molecule has 122 valence electrons. The Labute approximate surface area is 125 Å². The van der Waals surface area contributed by atoms with Crippen LogP contribution in [0.1, 0.15) is 11.1 Å². The Morgan fingerprint density at radius 2 is 1.59 bits per heavy atom. The molecule has 0 amide bonds. The van der Waals surface area contributed by atoms with E-state index in [2.05, 4.69) is 0 Å². The zero-order chi connectivity index (χ0) is 17.0. The number of anilines is 2. The average molecular weight is 351 g/mol. The summed E-state index contributed by atoms with van der Waals surface area (Å²) in [4.78, 5) is -0.730. The van der Waals surface area contributed by atoms with Gasteiger partial charge in [-0.25, -0.2) is 0 Å². The van der Waals surface area contributed by atoms with E-state index in [4.69, 9.17) is 26.3 Å². The van der Waals surface area contributed by atoms with Crippen LogP contribution in [0.2, 0.25) is 0 Å². The predicted molar refractivity (Wildman–Crippen MR) is 77.9 cm³/mol. The van der Waals surface area contributed by atoms with Crippen LogP contribution in [0.5, 0.6) is 0 Å². The molecular weight excluding hydrogens is 338 g/mol. The highest BCUT2D eigenvalue weighted by molar-refractivity contribution is 7.86. The van der Waals surface area contributed by atoms with E-state index in [0.717, 1.165) is 6.07 Å². The van der Waals surface area contributed by atoms with Crippen LogP contribution in [0.25, 0.3) is 5.76 Å². The van der Waals surface area contributed by atoms with Crippen molar-refractivity contribution in [2.75, 3.05) is 11.5 Å². The maximum atomic E-state index is 11.3. The summed E-state index contributed by atoms with van der Waals surface area (Å²) in [5.41, 5.74) is 15.0. The minimum Gasteiger partial charge on any atom is -0.505 e. The van der Waals surface area contributed by atoms with Crippen molar-refractivity contribution < 1.29 is 31.0 Å². The molecule has 10 nitrogen and oxygen atoms in total. The summed E-state index contributed by atoms with van der Waals surface area (Å²) in [6.07, 6.45) is -0.447. The molecule has 0 aliphatic heterocycles. The largest absolute Gasteiger partial charge is 0.505 e. The normalized spacial score (nSPS) is 19.1. The molecule has 2 rings (SSSR count). The van der Waals surface area contributed by atoms with Gasteiger partial charge in [0, 0.05) is 5.56 Å². The molecule has 0 spiro atoms. The standard InChI is InChI=1S/C10H13N3O7S2/c11-7-4(21(15,16)17)1-3-2-5(22(18,19)20)8(12)10(14)6(3)9(7)13/h1,5,14H,2,11-13H2,(H,15,16,17)(H,18,19,20). The number of aliphatic hydroxyl groups excluding tert-OH is 1. The highest BCUT2D eigenvalue weighted by Gasteiger charge is 2.36. The van der Waals surface area contributed by atoms with E-state index in [1.54, 1.807) is 0 Å². The summed E-state index contributed by atoms with van der Waals surface area (Å²) in [5, 5.41) is 8.32. The molecule has 0 heterocycles. The number of benzene rings is 1. The molecule has 9 N–H and O–H groups in total. The number of nitrogens with two attached hydrogens (primary N) is 3. The first-order valence-electron chi connectivity index (χ1n) is 5.69. The van der Waals surface area contributed by atoms with E-state index in [-0.39, 0.29) is 16.8 Å². The average Bonchev–Trinajstić information content (AvgIpc) is 2.34. The Balaban J connectivity index is 2.84. The van der Waals surface area contributed by atoms with E-state index < -0.39 is 53.9 Å². The summed E-state index contributed by atoms with van der Waals surface area (Å²) in [5.74, 6) is -0.727. The van der Waals surface area contributed by atoms with Gasteiger partial charge in [-0.15, -0.1) is 0 Å². The summed E-state index contributed by atoms with van der Waals surface area (Å²) >= 11 is 0. The molecule has 1 aromatic carbocycles. The van der Waals surface area contributed by atoms with Crippen molar-refractivity contribution in [1.29, 1.82) is 0 Å². The van der Waals surface area contributed by atoms with Crippen LogP contribution < -0.4 is 17.2 Å². The fourth-order valence-electron chi connectivity index (χ4n) is 2.27. The lowest BCUT2D eigenvalue weighted by Crippen LogP contribution is -2.34. The van der Waals surface area contributed by atoms with E-state index in [1.807, 2.05) is 0 Å². The molecule has 22 heavy (non-hydrogen) atoms. The molecule has 0 saturated carbocycles. The molecule has 0 bridgehead atoms. The van der Waals surface area contributed by atoms with Gasteiger partial charge in [-0.1, -0.05) is 0 Å². The molecule has 0 aromatic heterocycles. The molecule has 0 fully saturated rings. The fourth-order valence-corrected chi connectivity index (χ4v) is 3.78. The number of rotatable bonds is 2. The molecule has 1 aliphatic rings. The van der Waals surface area contributed by atoms with Crippen molar-refractivity contribution in [2.24, 2.45) is 5.73 Å². The van der Waals surface area contributed by atoms with E-state index >= 15 is 0 Å². The summed E-state index contributed by atoms with van der Waals surface area (Å²) in [6, 6.07) is 0.872. The highest BCUT2D eigenvalue weighted by Crippen LogP contribution is 2.39. The summed E-state index contributed by atoms with van der Waals surface area (Å²) in [7, 11) is -9.37. The predicted octanol–water partition coefficient (Wildman–Crippen LogP) is -0.904. The summed E-state index contributed by atoms with van der Waals surface area (Å²) in [6.45, 7) is 0. The van der Waals surface area contributed by atoms with Gasteiger partial charge in [-0.05, 0) is 18.1 Å². The van der Waals surface area contributed by atoms with Crippen LogP contribution in [0, 0.1) is 0 Å². The molecule has 1 aromatic rings. The van der Waals surface area contributed by atoms with Crippen LogP contribution in [0.3, 0.4) is 0 Å². The fraction of sp³-hybridized carbons (Fsp3) is 0.200. The number of hydrogen-bond donors (Lipinski definition) is 6. The lowest BCUT2D eigenvalue weighted by Gasteiger charge is -2.26.